The molecule has 1 aliphatic heterocycles. The molecule has 2 fully saturated rings. The van der Waals surface area contributed by atoms with Gasteiger partial charge in [0.05, 0.1) is 21.8 Å². The van der Waals surface area contributed by atoms with Crippen molar-refractivity contribution < 1.29 is 9.32 Å². The summed E-state index contributed by atoms with van der Waals surface area (Å²) < 4.78 is 5.52. The van der Waals surface area contributed by atoms with Gasteiger partial charge in [-0.25, -0.2) is 9.97 Å². The number of carbonyl (C=O) groups is 1. The summed E-state index contributed by atoms with van der Waals surface area (Å²) in [6, 6.07) is 4.42. The first-order valence-corrected chi connectivity index (χ1v) is 11.4. The lowest BCUT2D eigenvalue weighted by Crippen LogP contribution is -2.38. The van der Waals surface area contributed by atoms with Crippen LogP contribution in [-0.4, -0.2) is 45.1 Å². The predicted molar refractivity (Wildman–Crippen MR) is 116 cm³/mol. The second-order valence-corrected chi connectivity index (χ2v) is 9.16. The third-order valence-corrected chi connectivity index (χ3v) is 6.85. The van der Waals surface area contributed by atoms with E-state index in [1.54, 1.807) is 0 Å². The van der Waals surface area contributed by atoms with E-state index in [9.17, 15) is 4.79 Å². The number of likely N-dealkylation sites (tertiary alicyclic amines) is 1. The maximum atomic E-state index is 12.9. The zero-order valence-corrected chi connectivity index (χ0v) is 18.0. The van der Waals surface area contributed by atoms with Crippen LogP contribution in [0.3, 0.4) is 0 Å². The van der Waals surface area contributed by atoms with Crippen LogP contribution in [0.15, 0.2) is 28.2 Å². The Hall–Kier alpha value is -2.74. The van der Waals surface area contributed by atoms with Crippen molar-refractivity contribution in [3.05, 3.63) is 45.5 Å². The van der Waals surface area contributed by atoms with Gasteiger partial charge in [-0.15, -0.1) is 11.3 Å². The highest BCUT2D eigenvalue weighted by Gasteiger charge is 2.30. The molecule has 0 atom stereocenters. The van der Waals surface area contributed by atoms with Crippen LogP contribution in [0.25, 0.3) is 11.3 Å². The Labute approximate surface area is 179 Å². The summed E-state index contributed by atoms with van der Waals surface area (Å²) in [5, 5.41) is 9.42. The van der Waals surface area contributed by atoms with Crippen LogP contribution in [0.4, 0.5) is 5.95 Å². The summed E-state index contributed by atoms with van der Waals surface area (Å²) in [5.41, 5.74) is 3.78. The average molecular weight is 424 g/mol. The molecule has 2 aliphatic rings. The predicted octanol–water partition coefficient (Wildman–Crippen LogP) is 4.40. The number of nitrogens with zero attached hydrogens (tertiary/aromatic N) is 4. The maximum absolute atomic E-state index is 12.9. The first-order valence-electron chi connectivity index (χ1n) is 10.5. The van der Waals surface area contributed by atoms with E-state index in [2.05, 4.69) is 15.5 Å². The number of amides is 1. The highest BCUT2D eigenvalue weighted by Crippen LogP contribution is 2.36. The molecule has 30 heavy (non-hydrogen) atoms. The summed E-state index contributed by atoms with van der Waals surface area (Å²) in [6.45, 7) is 5.36. The molecule has 3 aromatic rings. The first-order chi connectivity index (χ1) is 14.6. The van der Waals surface area contributed by atoms with Crippen LogP contribution in [0.1, 0.15) is 58.2 Å². The Balaban J connectivity index is 1.37. The van der Waals surface area contributed by atoms with Crippen LogP contribution in [0.2, 0.25) is 0 Å². The van der Waals surface area contributed by atoms with Gasteiger partial charge in [-0.2, -0.15) is 0 Å². The molecular weight excluding hydrogens is 398 g/mol. The molecule has 5 rings (SSSR count). The minimum Gasteiger partial charge on any atom is -0.356 e. The minimum absolute atomic E-state index is 0.144. The van der Waals surface area contributed by atoms with Crippen LogP contribution >= 0.6 is 11.3 Å². The molecule has 8 heteroatoms. The van der Waals surface area contributed by atoms with Crippen molar-refractivity contribution in [3.63, 3.8) is 0 Å². The Morgan fingerprint density at radius 1 is 1.23 bits per heavy atom. The van der Waals surface area contributed by atoms with Crippen LogP contribution in [-0.2, 0) is 0 Å². The molecule has 1 N–H and O–H groups in total. The minimum atomic E-state index is 0.144. The maximum Gasteiger partial charge on any atom is 0.264 e. The van der Waals surface area contributed by atoms with E-state index in [1.165, 1.54) is 24.2 Å². The van der Waals surface area contributed by atoms with E-state index in [1.807, 2.05) is 42.5 Å². The lowest BCUT2D eigenvalue weighted by atomic mass is 9.90. The Kier molecular flexibility index (Phi) is 5.02. The van der Waals surface area contributed by atoms with Gasteiger partial charge < -0.3 is 14.7 Å². The standard InChI is InChI=1S/C22H25N5O2S/c1-13-7-10-30-20(13)21(28)27-8-5-15(6-9-27)19-17(18-11-14(2)26-29-18)12-23-22(25-19)24-16-3-4-16/h7,10-12,15-16H,3-6,8-9H2,1-2H3,(H,23,24,25). The van der Waals surface area contributed by atoms with Crippen molar-refractivity contribution >= 4 is 23.2 Å². The van der Waals surface area contributed by atoms with Crippen molar-refractivity contribution in [2.75, 3.05) is 18.4 Å². The number of rotatable bonds is 5. The number of aryl methyl sites for hydroxylation is 2. The summed E-state index contributed by atoms with van der Waals surface area (Å²) >= 11 is 1.52. The van der Waals surface area contributed by atoms with Gasteiger partial charge in [0, 0.05) is 37.3 Å². The number of anilines is 1. The van der Waals surface area contributed by atoms with Gasteiger partial charge in [0.1, 0.15) is 0 Å². The van der Waals surface area contributed by atoms with Crippen LogP contribution in [0, 0.1) is 13.8 Å². The molecule has 156 valence electrons. The summed E-state index contributed by atoms with van der Waals surface area (Å²) in [6.07, 6.45) is 5.93. The first kappa shape index (κ1) is 19.2. The van der Waals surface area contributed by atoms with Gasteiger partial charge >= 0.3 is 0 Å². The molecule has 4 heterocycles. The number of thiophene rings is 1. The van der Waals surface area contributed by atoms with Gasteiger partial charge in [0.25, 0.3) is 5.91 Å². The molecule has 0 radical (unpaired) electrons. The second-order valence-electron chi connectivity index (χ2n) is 8.24. The van der Waals surface area contributed by atoms with E-state index in [-0.39, 0.29) is 11.8 Å². The third-order valence-electron chi connectivity index (χ3n) is 5.85. The summed E-state index contributed by atoms with van der Waals surface area (Å²) in [7, 11) is 0. The molecule has 1 saturated carbocycles. The van der Waals surface area contributed by atoms with Crippen LogP contribution < -0.4 is 5.32 Å². The van der Waals surface area contributed by atoms with Crippen LogP contribution in [0.5, 0.6) is 0 Å². The normalized spacial score (nSPS) is 17.3. The number of piperidine rings is 1. The van der Waals surface area contributed by atoms with Gasteiger partial charge in [0.15, 0.2) is 5.76 Å². The fraction of sp³-hybridized carbons (Fsp3) is 0.455. The topological polar surface area (TPSA) is 84.2 Å². The van der Waals surface area contributed by atoms with Gasteiger partial charge in [-0.05, 0) is 56.5 Å². The molecule has 0 unspecified atom stereocenters. The van der Waals surface area contributed by atoms with E-state index < -0.39 is 0 Å². The van der Waals surface area contributed by atoms with Gasteiger partial charge in [0.2, 0.25) is 5.95 Å². The van der Waals surface area contributed by atoms with Gasteiger partial charge in [-0.1, -0.05) is 5.16 Å². The molecule has 1 amide bonds. The molecule has 3 aromatic heterocycles. The molecule has 0 spiro atoms. The van der Waals surface area contributed by atoms with E-state index in [4.69, 9.17) is 9.51 Å². The summed E-state index contributed by atoms with van der Waals surface area (Å²) in [4.78, 5) is 25.1. The number of hydrogen-bond donors (Lipinski definition) is 1. The quantitative estimate of drug-likeness (QED) is 0.655. The lowest BCUT2D eigenvalue weighted by molar-refractivity contribution is 0.0716. The Morgan fingerprint density at radius 3 is 2.67 bits per heavy atom. The number of carbonyl (C=O) groups excluding carboxylic acids is 1. The number of hydrogen-bond acceptors (Lipinski definition) is 7. The highest BCUT2D eigenvalue weighted by molar-refractivity contribution is 7.12. The highest BCUT2D eigenvalue weighted by atomic mass is 32.1. The lowest BCUT2D eigenvalue weighted by Gasteiger charge is -2.32. The molecule has 7 nitrogen and oxygen atoms in total. The zero-order chi connectivity index (χ0) is 20.7. The Bertz CT molecular complexity index is 1060. The zero-order valence-electron chi connectivity index (χ0n) is 17.2. The largest absolute Gasteiger partial charge is 0.356 e. The van der Waals surface area contributed by atoms with E-state index in [0.29, 0.717) is 17.8 Å². The van der Waals surface area contributed by atoms with Crippen molar-refractivity contribution in [2.45, 2.75) is 51.5 Å². The summed E-state index contributed by atoms with van der Waals surface area (Å²) in [5.74, 6) is 1.78. The molecule has 1 saturated heterocycles. The smallest absolute Gasteiger partial charge is 0.264 e. The van der Waals surface area contributed by atoms with Gasteiger partial charge in [-0.3, -0.25) is 4.79 Å². The monoisotopic (exact) mass is 423 g/mol. The van der Waals surface area contributed by atoms with Crippen molar-refractivity contribution in [3.8, 4) is 11.3 Å². The molecule has 1 aliphatic carbocycles. The van der Waals surface area contributed by atoms with E-state index in [0.717, 1.165) is 53.3 Å². The van der Waals surface area contributed by atoms with Crippen molar-refractivity contribution in [1.82, 2.24) is 20.0 Å². The third kappa shape index (κ3) is 3.84. The number of aromatic nitrogens is 3. The SMILES string of the molecule is Cc1cc(-c2cnc(NC3CC3)nc2C2CCN(C(=O)c3sccc3C)CC2)on1. The Morgan fingerprint density at radius 2 is 2.03 bits per heavy atom. The fourth-order valence-electron chi connectivity index (χ4n) is 3.96. The molecule has 0 aromatic carbocycles. The average Bonchev–Trinajstić information content (AvgIpc) is 3.30. The fourth-order valence-corrected chi connectivity index (χ4v) is 4.85. The molecule has 0 bridgehead atoms. The molecular formula is C22H25N5O2S. The van der Waals surface area contributed by atoms with Crippen molar-refractivity contribution in [1.29, 1.82) is 0 Å². The second kappa shape index (κ2) is 7.83. The van der Waals surface area contributed by atoms with Crippen molar-refractivity contribution in [2.24, 2.45) is 0 Å². The number of nitrogens with one attached hydrogen (secondary N) is 1. The van der Waals surface area contributed by atoms with E-state index >= 15 is 0 Å².